The van der Waals surface area contributed by atoms with Gasteiger partial charge in [0, 0.05) is 5.54 Å². The Balaban J connectivity index is 3.45. The number of allylic oxidation sites excluding steroid dienone is 3. The van der Waals surface area contributed by atoms with Crippen LogP contribution in [-0.2, 0) is 0 Å². The summed E-state index contributed by atoms with van der Waals surface area (Å²) < 4.78 is 0. The summed E-state index contributed by atoms with van der Waals surface area (Å²) in [4.78, 5) is 0. The average molecular weight is 153 g/mol. The normalized spacial score (nSPS) is 13.5. The summed E-state index contributed by atoms with van der Waals surface area (Å²) in [6, 6.07) is 0. The molecule has 0 heterocycles. The van der Waals surface area contributed by atoms with Gasteiger partial charge in [-0.05, 0) is 33.6 Å². The Morgan fingerprint density at radius 2 is 1.73 bits per heavy atom. The first kappa shape index (κ1) is 10.4. The van der Waals surface area contributed by atoms with Crippen molar-refractivity contribution in [3.05, 3.63) is 24.3 Å². The maximum atomic E-state index is 5.75. The third-order valence-electron chi connectivity index (χ3n) is 1.28. The minimum atomic E-state index is -0.157. The molecule has 0 aromatic carbocycles. The van der Waals surface area contributed by atoms with Crippen LogP contribution in [0.4, 0.5) is 0 Å². The molecule has 0 aliphatic heterocycles. The molecule has 0 rings (SSSR count). The van der Waals surface area contributed by atoms with Gasteiger partial charge in [-0.15, -0.1) is 0 Å². The molecule has 0 saturated heterocycles. The van der Waals surface area contributed by atoms with Crippen LogP contribution in [-0.4, -0.2) is 5.54 Å². The van der Waals surface area contributed by atoms with Crippen LogP contribution in [0.1, 0.15) is 33.6 Å². The molecule has 0 radical (unpaired) electrons. The third-order valence-corrected chi connectivity index (χ3v) is 1.28. The van der Waals surface area contributed by atoms with Crippen molar-refractivity contribution in [1.29, 1.82) is 0 Å². The van der Waals surface area contributed by atoms with Gasteiger partial charge in [0.05, 0.1) is 0 Å². The van der Waals surface area contributed by atoms with Gasteiger partial charge in [-0.25, -0.2) is 0 Å². The van der Waals surface area contributed by atoms with E-state index in [1.54, 1.807) is 0 Å². The van der Waals surface area contributed by atoms with E-state index < -0.39 is 0 Å². The molecular formula is C10H19N. The summed E-state index contributed by atoms with van der Waals surface area (Å²) in [5.74, 6) is 0. The van der Waals surface area contributed by atoms with E-state index in [4.69, 9.17) is 5.73 Å². The smallest absolute Gasteiger partial charge is 0.0281 e. The molecular weight excluding hydrogens is 134 g/mol. The average Bonchev–Trinajstić information content (AvgIpc) is 1.85. The Bertz CT molecular complexity index is 137. The zero-order chi connectivity index (χ0) is 8.74. The maximum absolute atomic E-state index is 5.75. The number of unbranched alkanes of at least 4 members (excludes halogenated alkanes) is 1. The molecule has 0 saturated carbocycles. The SMILES string of the molecule is C/C=C\CC/C=C/C(C)(C)N. The van der Waals surface area contributed by atoms with Crippen molar-refractivity contribution in [2.75, 3.05) is 0 Å². The molecule has 0 spiro atoms. The van der Waals surface area contributed by atoms with E-state index in [-0.39, 0.29) is 5.54 Å². The van der Waals surface area contributed by atoms with Crippen molar-refractivity contribution < 1.29 is 0 Å². The molecule has 1 heteroatoms. The predicted octanol–water partition coefficient (Wildman–Crippen LogP) is 2.64. The molecule has 11 heavy (non-hydrogen) atoms. The largest absolute Gasteiger partial charge is 0.322 e. The number of hydrogen-bond donors (Lipinski definition) is 1. The van der Waals surface area contributed by atoms with Crippen LogP contribution in [0, 0.1) is 0 Å². The first-order valence-electron chi connectivity index (χ1n) is 4.14. The summed E-state index contributed by atoms with van der Waals surface area (Å²) >= 11 is 0. The van der Waals surface area contributed by atoms with Gasteiger partial charge in [0.1, 0.15) is 0 Å². The number of nitrogens with two attached hydrogens (primary N) is 1. The second kappa shape index (κ2) is 5.14. The fraction of sp³-hybridized carbons (Fsp3) is 0.600. The lowest BCUT2D eigenvalue weighted by atomic mass is 10.1. The summed E-state index contributed by atoms with van der Waals surface area (Å²) in [7, 11) is 0. The van der Waals surface area contributed by atoms with Gasteiger partial charge in [0.15, 0.2) is 0 Å². The summed E-state index contributed by atoms with van der Waals surface area (Å²) in [6.45, 7) is 6.04. The van der Waals surface area contributed by atoms with E-state index in [2.05, 4.69) is 24.3 Å². The second-order valence-corrected chi connectivity index (χ2v) is 3.37. The zero-order valence-electron chi connectivity index (χ0n) is 7.80. The van der Waals surface area contributed by atoms with Crippen molar-refractivity contribution in [2.45, 2.75) is 39.2 Å². The van der Waals surface area contributed by atoms with Gasteiger partial charge in [0.25, 0.3) is 0 Å². The van der Waals surface area contributed by atoms with Crippen LogP contribution in [0.3, 0.4) is 0 Å². The molecule has 0 amide bonds. The lowest BCUT2D eigenvalue weighted by Crippen LogP contribution is -2.28. The predicted molar refractivity (Wildman–Crippen MR) is 51.5 cm³/mol. The molecule has 2 N–H and O–H groups in total. The van der Waals surface area contributed by atoms with Gasteiger partial charge >= 0.3 is 0 Å². The van der Waals surface area contributed by atoms with Crippen LogP contribution in [0.25, 0.3) is 0 Å². The van der Waals surface area contributed by atoms with E-state index >= 15 is 0 Å². The van der Waals surface area contributed by atoms with Crippen LogP contribution in [0.5, 0.6) is 0 Å². The lowest BCUT2D eigenvalue weighted by molar-refractivity contribution is 0.651. The molecule has 1 nitrogen and oxygen atoms in total. The van der Waals surface area contributed by atoms with Gasteiger partial charge < -0.3 is 5.73 Å². The van der Waals surface area contributed by atoms with Gasteiger partial charge in [-0.1, -0.05) is 24.3 Å². The molecule has 0 aromatic heterocycles. The summed E-state index contributed by atoms with van der Waals surface area (Å²) in [5, 5.41) is 0. The molecule has 0 bridgehead atoms. The van der Waals surface area contributed by atoms with Crippen molar-refractivity contribution >= 4 is 0 Å². The van der Waals surface area contributed by atoms with Crippen LogP contribution < -0.4 is 5.73 Å². The van der Waals surface area contributed by atoms with Crippen molar-refractivity contribution in [3.8, 4) is 0 Å². The van der Waals surface area contributed by atoms with Gasteiger partial charge in [0.2, 0.25) is 0 Å². The minimum absolute atomic E-state index is 0.157. The molecule has 0 atom stereocenters. The second-order valence-electron chi connectivity index (χ2n) is 3.37. The summed E-state index contributed by atoms with van der Waals surface area (Å²) in [6.07, 6.45) is 10.6. The highest BCUT2D eigenvalue weighted by Gasteiger charge is 2.02. The van der Waals surface area contributed by atoms with Crippen LogP contribution in [0.15, 0.2) is 24.3 Å². The maximum Gasteiger partial charge on any atom is 0.0281 e. The fourth-order valence-electron chi connectivity index (χ4n) is 0.746. The third kappa shape index (κ3) is 9.44. The first-order valence-corrected chi connectivity index (χ1v) is 4.14. The number of hydrogen-bond acceptors (Lipinski definition) is 1. The van der Waals surface area contributed by atoms with E-state index in [1.807, 2.05) is 20.8 Å². The molecule has 0 aliphatic rings. The Morgan fingerprint density at radius 3 is 2.18 bits per heavy atom. The summed E-state index contributed by atoms with van der Waals surface area (Å²) in [5.41, 5.74) is 5.59. The Morgan fingerprint density at radius 1 is 1.18 bits per heavy atom. The van der Waals surface area contributed by atoms with E-state index in [9.17, 15) is 0 Å². The topological polar surface area (TPSA) is 26.0 Å². The lowest BCUT2D eigenvalue weighted by Gasteiger charge is -2.10. The van der Waals surface area contributed by atoms with E-state index in [0.717, 1.165) is 12.8 Å². The first-order chi connectivity index (χ1) is 5.06. The van der Waals surface area contributed by atoms with Crippen molar-refractivity contribution in [3.63, 3.8) is 0 Å². The molecule has 0 aromatic rings. The molecule has 0 unspecified atom stereocenters. The molecule has 0 aliphatic carbocycles. The Hall–Kier alpha value is -0.560. The Kier molecular flexibility index (Phi) is 4.88. The van der Waals surface area contributed by atoms with E-state index in [0.29, 0.717) is 0 Å². The van der Waals surface area contributed by atoms with E-state index in [1.165, 1.54) is 0 Å². The van der Waals surface area contributed by atoms with Crippen molar-refractivity contribution in [2.24, 2.45) is 5.73 Å². The highest BCUT2D eigenvalue weighted by atomic mass is 14.7. The molecule has 64 valence electrons. The highest BCUT2D eigenvalue weighted by molar-refractivity contribution is 4.99. The van der Waals surface area contributed by atoms with Crippen molar-refractivity contribution in [1.82, 2.24) is 0 Å². The van der Waals surface area contributed by atoms with Gasteiger partial charge in [-0.2, -0.15) is 0 Å². The van der Waals surface area contributed by atoms with Crippen LogP contribution >= 0.6 is 0 Å². The quantitative estimate of drug-likeness (QED) is 0.487. The minimum Gasteiger partial charge on any atom is -0.322 e. The van der Waals surface area contributed by atoms with Gasteiger partial charge in [-0.3, -0.25) is 0 Å². The standard InChI is InChI=1S/C10H19N/c1-4-5-6-7-8-9-10(2,3)11/h4-5,8-9H,6-7,11H2,1-3H3/b5-4-,9-8+. The van der Waals surface area contributed by atoms with Crippen LogP contribution in [0.2, 0.25) is 0 Å². The highest BCUT2D eigenvalue weighted by Crippen LogP contribution is 2.01. The number of rotatable bonds is 4. The monoisotopic (exact) mass is 153 g/mol. The zero-order valence-corrected chi connectivity index (χ0v) is 7.80. The fourth-order valence-corrected chi connectivity index (χ4v) is 0.746. The Labute approximate surface area is 70.0 Å². The molecule has 0 fully saturated rings.